The quantitative estimate of drug-likeness (QED) is 0.127. The Kier molecular flexibility index (Phi) is 19.3. The third-order valence-corrected chi connectivity index (χ3v) is 9.69. The number of ether oxygens (including phenoxy) is 3. The summed E-state index contributed by atoms with van der Waals surface area (Å²) in [5.74, 6) is 2.83. The van der Waals surface area contributed by atoms with Gasteiger partial charge in [-0.3, -0.25) is 14.4 Å². The molecule has 0 unspecified atom stereocenters. The molecular formula is C45H66N8O7. The first-order chi connectivity index (χ1) is 28.9. The molecule has 5 N–H and O–H groups in total. The number of alkyl carbamates (subject to hydrolysis) is 1. The lowest BCUT2D eigenvalue weighted by molar-refractivity contribution is -0.136. The van der Waals surface area contributed by atoms with Crippen LogP contribution >= 0.6 is 0 Å². The maximum atomic E-state index is 12.9. The molecule has 5 heterocycles. The fourth-order valence-electron chi connectivity index (χ4n) is 7.21. The number of carbonyl (C=O) groups excluding carboxylic acids is 4. The van der Waals surface area contributed by atoms with Gasteiger partial charge in [-0.1, -0.05) is 68.2 Å². The van der Waals surface area contributed by atoms with E-state index in [2.05, 4.69) is 84.4 Å². The zero-order chi connectivity index (χ0) is 44.4. The van der Waals surface area contributed by atoms with Crippen molar-refractivity contribution in [1.82, 2.24) is 35.1 Å². The Morgan fingerprint density at radius 3 is 2.13 bits per heavy atom. The summed E-state index contributed by atoms with van der Waals surface area (Å²) in [6.07, 6.45) is 9.51. The number of nitrogens with zero attached hydrogens (tertiary/aromatic N) is 4. The minimum atomic E-state index is -0.637. The lowest BCUT2D eigenvalue weighted by Crippen LogP contribution is -2.40. The molecule has 2 fully saturated rings. The van der Waals surface area contributed by atoms with Gasteiger partial charge in [-0.2, -0.15) is 0 Å². The zero-order valence-electron chi connectivity index (χ0n) is 37.1. The Bertz CT molecular complexity index is 2040. The van der Waals surface area contributed by atoms with E-state index in [0.29, 0.717) is 13.1 Å². The number of hydrogen-bond donors (Lipinski definition) is 4. The number of H-pyrrole nitrogens is 2. The third-order valence-electron chi connectivity index (χ3n) is 9.69. The van der Waals surface area contributed by atoms with Crippen LogP contribution in [0.3, 0.4) is 0 Å². The second-order valence-electron chi connectivity index (χ2n) is 14.9. The van der Waals surface area contributed by atoms with Crippen LogP contribution < -0.4 is 15.8 Å². The number of fused-ring (bicyclic) bond motifs is 2. The summed E-state index contributed by atoms with van der Waals surface area (Å²) in [5, 5.41) is 2.47. The van der Waals surface area contributed by atoms with E-state index in [4.69, 9.17) is 19.3 Å². The number of rotatable bonds is 8. The van der Waals surface area contributed by atoms with Gasteiger partial charge >= 0.3 is 6.09 Å². The predicted molar refractivity (Wildman–Crippen MR) is 235 cm³/mol. The standard InChI is InChI=1S/C36H41N7O6.2C3H8.C2H6.CH3NO/c1-36(2)17-30(22-9-11-24-25(16-22)40-34(39-24)28-8-6-13-42(28)31(44)19-38-35(46)48-4)49-29-12-10-21(15-23(29)36)26-18-37-33(41-26)27-7-5-14-43(27)32(45)20-47-3;2*1-3-2;1-2;2-1-3/h9-12,15-18,27-28H,5-8,13-14,19-20H2,1-4H3,(H,37,41)(H,38,46)(H,39,40);2*3H2,1-2H3;1-2H3;1H,(H2,2,3)/t27-,28-;;;;/m0..../s1. The number of imidazole rings is 2. The number of aromatic nitrogens is 4. The smallest absolute Gasteiger partial charge is 0.407 e. The van der Waals surface area contributed by atoms with Gasteiger partial charge in [0, 0.05) is 42.3 Å². The molecule has 0 spiro atoms. The average Bonchev–Trinajstić information content (AvgIpc) is 4.07. The molecule has 3 aliphatic rings. The molecule has 15 heteroatoms. The van der Waals surface area contributed by atoms with Crippen LogP contribution in [0, 0.1) is 0 Å². The Morgan fingerprint density at radius 2 is 1.52 bits per heavy atom. The highest BCUT2D eigenvalue weighted by molar-refractivity contribution is 5.84. The molecule has 0 saturated carbocycles. The first-order valence-electron chi connectivity index (χ1n) is 21.0. The van der Waals surface area contributed by atoms with Crippen molar-refractivity contribution in [2.45, 2.75) is 111 Å². The van der Waals surface area contributed by atoms with Gasteiger partial charge in [-0.05, 0) is 68.2 Å². The topological polar surface area (TPSA) is 198 Å². The summed E-state index contributed by atoms with van der Waals surface area (Å²) < 4.78 is 16.2. The van der Waals surface area contributed by atoms with Crippen molar-refractivity contribution in [3.63, 3.8) is 0 Å². The number of nitrogens with two attached hydrogens (primary N) is 1. The van der Waals surface area contributed by atoms with E-state index in [0.717, 1.165) is 82.3 Å². The van der Waals surface area contributed by atoms with Crippen molar-refractivity contribution in [3.05, 3.63) is 71.4 Å². The summed E-state index contributed by atoms with van der Waals surface area (Å²) in [4.78, 5) is 65.5. The molecule has 0 aliphatic carbocycles. The SMILES string of the molecule is CC.CCC.CCC.COCC(=O)N1CCC[C@H]1c1ncc(-c2ccc3c(c2)C(C)(C)C=C(c2ccc4nc([C@@H]5CCCN5C(=O)CNC(=O)OC)[nH]c4c2)O3)[nH]1.NC=O. The number of likely N-dealkylation sites (tertiary alicyclic amines) is 2. The lowest BCUT2D eigenvalue weighted by atomic mass is 9.80. The third kappa shape index (κ3) is 12.2. The highest BCUT2D eigenvalue weighted by Crippen LogP contribution is 2.43. The van der Waals surface area contributed by atoms with Gasteiger partial charge in [0.15, 0.2) is 0 Å². The molecule has 3 aliphatic heterocycles. The number of amides is 4. The molecule has 2 saturated heterocycles. The second kappa shape index (κ2) is 23.8. The van der Waals surface area contributed by atoms with Crippen LogP contribution in [0.25, 0.3) is 28.0 Å². The molecule has 60 heavy (non-hydrogen) atoms. The Hall–Kier alpha value is -5.70. The molecule has 15 nitrogen and oxygen atoms in total. The Balaban J connectivity index is 0.000000794. The minimum Gasteiger partial charge on any atom is -0.457 e. The number of nitrogens with one attached hydrogen (secondary N) is 3. The lowest BCUT2D eigenvalue weighted by Gasteiger charge is -2.31. The number of carbonyl (C=O) groups is 4. The van der Waals surface area contributed by atoms with Crippen molar-refractivity contribution in [3.8, 4) is 17.0 Å². The number of hydrogen-bond acceptors (Lipinski definition) is 9. The molecule has 0 bridgehead atoms. The number of primary amides is 1. The molecule has 0 radical (unpaired) electrons. The highest BCUT2D eigenvalue weighted by atomic mass is 16.5. The van der Waals surface area contributed by atoms with Crippen LogP contribution in [0.2, 0.25) is 0 Å². The maximum Gasteiger partial charge on any atom is 0.407 e. The number of methoxy groups -OCH3 is 2. The van der Waals surface area contributed by atoms with E-state index in [1.165, 1.54) is 27.1 Å². The van der Waals surface area contributed by atoms with Crippen LogP contribution in [0.5, 0.6) is 5.75 Å². The highest BCUT2D eigenvalue weighted by Gasteiger charge is 2.34. The predicted octanol–water partition coefficient (Wildman–Crippen LogP) is 7.95. The molecule has 328 valence electrons. The second-order valence-corrected chi connectivity index (χ2v) is 14.9. The van der Waals surface area contributed by atoms with Crippen molar-refractivity contribution in [1.29, 1.82) is 0 Å². The van der Waals surface area contributed by atoms with E-state index >= 15 is 0 Å². The van der Waals surface area contributed by atoms with E-state index in [-0.39, 0.29) is 48.9 Å². The van der Waals surface area contributed by atoms with E-state index < -0.39 is 6.09 Å². The summed E-state index contributed by atoms with van der Waals surface area (Å²) in [7, 11) is 2.80. The van der Waals surface area contributed by atoms with E-state index in [1.807, 2.05) is 55.3 Å². The molecule has 2 aromatic heterocycles. The van der Waals surface area contributed by atoms with Crippen LogP contribution in [-0.4, -0.2) is 94.5 Å². The normalized spacial score (nSPS) is 17.1. The van der Waals surface area contributed by atoms with Crippen LogP contribution in [0.15, 0.2) is 48.7 Å². The molecule has 7 rings (SSSR count). The van der Waals surface area contributed by atoms with Crippen LogP contribution in [-0.2, 0) is 29.3 Å². The fraction of sp³-hybridized carbons (Fsp3) is 0.511. The van der Waals surface area contributed by atoms with Gasteiger partial charge in [0.25, 0.3) is 0 Å². The Labute approximate surface area is 354 Å². The van der Waals surface area contributed by atoms with Crippen LogP contribution in [0.4, 0.5) is 4.79 Å². The van der Waals surface area contributed by atoms with Gasteiger partial charge in [0.2, 0.25) is 18.2 Å². The van der Waals surface area contributed by atoms with Crippen molar-refractivity contribution < 1.29 is 33.4 Å². The largest absolute Gasteiger partial charge is 0.457 e. The summed E-state index contributed by atoms with van der Waals surface area (Å²) in [6, 6.07) is 11.9. The molecular weight excluding hydrogens is 765 g/mol. The summed E-state index contributed by atoms with van der Waals surface area (Å²) in [5.41, 5.74) is 9.32. The molecule has 4 aromatic rings. The Morgan fingerprint density at radius 1 is 0.917 bits per heavy atom. The van der Waals surface area contributed by atoms with E-state index in [9.17, 15) is 14.4 Å². The van der Waals surface area contributed by atoms with Gasteiger partial charge in [0.05, 0.1) is 42.1 Å². The monoisotopic (exact) mass is 831 g/mol. The molecule has 2 atom stereocenters. The van der Waals surface area contributed by atoms with Gasteiger partial charge < -0.3 is 45.0 Å². The average molecular weight is 831 g/mol. The van der Waals surface area contributed by atoms with Gasteiger partial charge in [-0.15, -0.1) is 0 Å². The first-order valence-corrected chi connectivity index (χ1v) is 21.0. The van der Waals surface area contributed by atoms with Crippen molar-refractivity contribution >= 4 is 41.1 Å². The number of benzene rings is 2. The number of aromatic amines is 2. The first kappa shape index (κ1) is 48.7. The molecule has 4 amide bonds. The van der Waals surface area contributed by atoms with Gasteiger partial charge in [-0.25, -0.2) is 14.8 Å². The van der Waals surface area contributed by atoms with Gasteiger partial charge in [0.1, 0.15) is 36.3 Å². The van der Waals surface area contributed by atoms with Crippen molar-refractivity contribution in [2.75, 3.05) is 40.5 Å². The minimum absolute atomic E-state index is 0.0240. The van der Waals surface area contributed by atoms with E-state index in [1.54, 1.807) is 4.90 Å². The van der Waals surface area contributed by atoms with Crippen LogP contribution in [0.1, 0.15) is 129 Å². The summed E-state index contributed by atoms with van der Waals surface area (Å²) in [6.45, 7) is 18.1. The zero-order valence-corrected chi connectivity index (χ0v) is 37.1. The molecule has 2 aromatic carbocycles. The number of allylic oxidation sites excluding steroid dienone is 1. The fourth-order valence-corrected chi connectivity index (χ4v) is 7.21. The maximum absolute atomic E-state index is 12.9. The van der Waals surface area contributed by atoms with Crippen molar-refractivity contribution in [2.24, 2.45) is 5.73 Å². The summed E-state index contributed by atoms with van der Waals surface area (Å²) >= 11 is 0.